The molecule has 2 rings (SSSR count). The summed E-state index contributed by atoms with van der Waals surface area (Å²) >= 11 is 0. The summed E-state index contributed by atoms with van der Waals surface area (Å²) in [6, 6.07) is 1.78. The summed E-state index contributed by atoms with van der Waals surface area (Å²) in [7, 11) is 0. The maximum atomic E-state index is 12.2. The normalized spacial score (nSPS) is 17.2. The molecule has 1 saturated carbocycles. The highest BCUT2D eigenvalue weighted by Crippen LogP contribution is 2.38. The first-order chi connectivity index (χ1) is 10.0. The first-order valence-corrected chi connectivity index (χ1v) is 7.42. The minimum Gasteiger partial charge on any atom is -0.481 e. The molecule has 1 aliphatic carbocycles. The van der Waals surface area contributed by atoms with Gasteiger partial charge in [-0.25, -0.2) is 0 Å². The molecular formula is C16H22N2O3. The predicted molar refractivity (Wildman–Crippen MR) is 79.1 cm³/mol. The fourth-order valence-corrected chi connectivity index (χ4v) is 3.09. The quantitative estimate of drug-likeness (QED) is 0.873. The SMILES string of the molecule is Cc1cncc(C(=O)NCC2(CC(=O)O)CCCCC2)c1. The Morgan fingerprint density at radius 3 is 2.62 bits per heavy atom. The summed E-state index contributed by atoms with van der Waals surface area (Å²) in [5, 5.41) is 12.0. The number of aliphatic carboxylic acids is 1. The zero-order valence-electron chi connectivity index (χ0n) is 12.4. The average Bonchev–Trinajstić information content (AvgIpc) is 2.45. The smallest absolute Gasteiger partial charge is 0.303 e. The van der Waals surface area contributed by atoms with Crippen LogP contribution in [0.4, 0.5) is 0 Å². The first kappa shape index (κ1) is 15.5. The summed E-state index contributed by atoms with van der Waals surface area (Å²) in [4.78, 5) is 27.3. The molecule has 5 nitrogen and oxygen atoms in total. The molecule has 21 heavy (non-hydrogen) atoms. The Balaban J connectivity index is 2.01. The van der Waals surface area contributed by atoms with Crippen molar-refractivity contribution < 1.29 is 14.7 Å². The minimum atomic E-state index is -0.789. The number of nitrogens with zero attached hydrogens (tertiary/aromatic N) is 1. The summed E-state index contributed by atoms with van der Waals surface area (Å²) in [6.07, 6.45) is 8.31. The number of rotatable bonds is 5. The Kier molecular flexibility index (Phi) is 4.94. The van der Waals surface area contributed by atoms with E-state index < -0.39 is 5.97 Å². The summed E-state index contributed by atoms with van der Waals surface area (Å²) in [5.74, 6) is -0.968. The Hall–Kier alpha value is -1.91. The van der Waals surface area contributed by atoms with Gasteiger partial charge in [-0.3, -0.25) is 14.6 Å². The lowest BCUT2D eigenvalue weighted by molar-refractivity contribution is -0.140. The number of carboxylic acid groups (broad SMARTS) is 1. The van der Waals surface area contributed by atoms with Crippen LogP contribution in [-0.4, -0.2) is 28.5 Å². The van der Waals surface area contributed by atoms with E-state index in [1.165, 1.54) is 6.20 Å². The Bertz CT molecular complexity index is 522. The number of aromatic nitrogens is 1. The van der Waals surface area contributed by atoms with Crippen LogP contribution < -0.4 is 5.32 Å². The molecule has 0 atom stereocenters. The maximum absolute atomic E-state index is 12.2. The molecule has 0 saturated heterocycles. The zero-order valence-corrected chi connectivity index (χ0v) is 12.4. The topological polar surface area (TPSA) is 79.3 Å². The number of carbonyl (C=O) groups excluding carboxylic acids is 1. The molecule has 1 aromatic heterocycles. The van der Waals surface area contributed by atoms with E-state index >= 15 is 0 Å². The molecule has 1 aromatic rings. The van der Waals surface area contributed by atoms with E-state index in [-0.39, 0.29) is 17.7 Å². The number of carbonyl (C=O) groups is 2. The number of hydrogen-bond acceptors (Lipinski definition) is 3. The van der Waals surface area contributed by atoms with Gasteiger partial charge in [0.2, 0.25) is 0 Å². The number of pyridine rings is 1. The van der Waals surface area contributed by atoms with Crippen molar-refractivity contribution in [3.05, 3.63) is 29.6 Å². The molecule has 0 aromatic carbocycles. The van der Waals surface area contributed by atoms with E-state index in [1.807, 2.05) is 6.92 Å². The van der Waals surface area contributed by atoms with Crippen LogP contribution in [0.25, 0.3) is 0 Å². The lowest BCUT2D eigenvalue weighted by Crippen LogP contribution is -2.40. The lowest BCUT2D eigenvalue weighted by atomic mass is 9.71. The van der Waals surface area contributed by atoms with Gasteiger partial charge in [0.1, 0.15) is 0 Å². The van der Waals surface area contributed by atoms with Gasteiger partial charge in [0.05, 0.1) is 12.0 Å². The molecule has 0 unspecified atom stereocenters. The zero-order chi connectivity index (χ0) is 15.3. The molecule has 2 N–H and O–H groups in total. The van der Waals surface area contributed by atoms with E-state index in [0.29, 0.717) is 12.1 Å². The number of hydrogen-bond donors (Lipinski definition) is 2. The van der Waals surface area contributed by atoms with Crippen LogP contribution in [0.2, 0.25) is 0 Å². The van der Waals surface area contributed by atoms with Gasteiger partial charge in [-0.05, 0) is 36.8 Å². The van der Waals surface area contributed by atoms with Crippen LogP contribution in [0.15, 0.2) is 18.5 Å². The van der Waals surface area contributed by atoms with E-state index in [0.717, 1.165) is 37.7 Å². The van der Waals surface area contributed by atoms with Crippen molar-refractivity contribution in [2.24, 2.45) is 5.41 Å². The third kappa shape index (κ3) is 4.28. The molecule has 1 fully saturated rings. The monoisotopic (exact) mass is 290 g/mol. The number of aryl methyl sites for hydroxylation is 1. The van der Waals surface area contributed by atoms with Crippen LogP contribution in [0.3, 0.4) is 0 Å². The van der Waals surface area contributed by atoms with Gasteiger partial charge in [-0.2, -0.15) is 0 Å². The van der Waals surface area contributed by atoms with E-state index in [1.54, 1.807) is 12.3 Å². The van der Waals surface area contributed by atoms with E-state index in [9.17, 15) is 9.59 Å². The van der Waals surface area contributed by atoms with Gasteiger partial charge in [0.15, 0.2) is 0 Å². The third-order valence-corrected chi connectivity index (χ3v) is 4.20. The molecule has 1 aliphatic rings. The van der Waals surface area contributed by atoms with Crippen molar-refractivity contribution in [2.75, 3.05) is 6.54 Å². The van der Waals surface area contributed by atoms with Gasteiger partial charge in [0.25, 0.3) is 5.91 Å². The highest BCUT2D eigenvalue weighted by Gasteiger charge is 2.34. The summed E-state index contributed by atoms with van der Waals surface area (Å²) < 4.78 is 0. The van der Waals surface area contributed by atoms with Crippen LogP contribution in [0, 0.1) is 12.3 Å². The molecule has 0 radical (unpaired) electrons. The summed E-state index contributed by atoms with van der Waals surface area (Å²) in [5.41, 5.74) is 1.16. The Morgan fingerprint density at radius 1 is 1.29 bits per heavy atom. The standard InChI is InChI=1S/C16H22N2O3/c1-12-7-13(10-17-9-12)15(21)18-11-16(8-14(19)20)5-3-2-4-6-16/h7,9-10H,2-6,8,11H2,1H3,(H,18,21)(H,19,20). The van der Waals surface area contributed by atoms with Crippen LogP contribution in [-0.2, 0) is 4.79 Å². The largest absolute Gasteiger partial charge is 0.481 e. The second kappa shape index (κ2) is 6.70. The molecule has 1 amide bonds. The van der Waals surface area contributed by atoms with E-state index in [4.69, 9.17) is 5.11 Å². The van der Waals surface area contributed by atoms with Gasteiger partial charge in [-0.1, -0.05) is 19.3 Å². The predicted octanol–water partition coefficient (Wildman–Crippen LogP) is 2.55. The van der Waals surface area contributed by atoms with Crippen molar-refractivity contribution in [3.8, 4) is 0 Å². The van der Waals surface area contributed by atoms with Crippen molar-refractivity contribution in [2.45, 2.75) is 45.4 Å². The molecule has 5 heteroatoms. The summed E-state index contributed by atoms with van der Waals surface area (Å²) in [6.45, 7) is 2.31. The average molecular weight is 290 g/mol. The number of nitrogens with one attached hydrogen (secondary N) is 1. The minimum absolute atomic E-state index is 0.124. The number of carboxylic acids is 1. The molecule has 1 heterocycles. The van der Waals surface area contributed by atoms with Gasteiger partial charge in [0, 0.05) is 18.9 Å². The number of amides is 1. The highest BCUT2D eigenvalue weighted by atomic mass is 16.4. The second-order valence-corrected chi connectivity index (χ2v) is 6.06. The molecule has 0 aliphatic heterocycles. The van der Waals surface area contributed by atoms with Crippen molar-refractivity contribution >= 4 is 11.9 Å². The van der Waals surface area contributed by atoms with Crippen molar-refractivity contribution in [1.29, 1.82) is 0 Å². The fraction of sp³-hybridized carbons (Fsp3) is 0.562. The van der Waals surface area contributed by atoms with Crippen LogP contribution in [0.5, 0.6) is 0 Å². The first-order valence-electron chi connectivity index (χ1n) is 7.42. The third-order valence-electron chi connectivity index (χ3n) is 4.20. The maximum Gasteiger partial charge on any atom is 0.303 e. The van der Waals surface area contributed by atoms with Crippen LogP contribution >= 0.6 is 0 Å². The van der Waals surface area contributed by atoms with Gasteiger partial charge < -0.3 is 10.4 Å². The molecule has 0 spiro atoms. The van der Waals surface area contributed by atoms with E-state index in [2.05, 4.69) is 10.3 Å². The molecular weight excluding hydrogens is 268 g/mol. The second-order valence-electron chi connectivity index (χ2n) is 6.06. The van der Waals surface area contributed by atoms with Gasteiger partial charge >= 0.3 is 5.97 Å². The van der Waals surface area contributed by atoms with Crippen molar-refractivity contribution in [3.63, 3.8) is 0 Å². The molecule has 0 bridgehead atoms. The van der Waals surface area contributed by atoms with Crippen molar-refractivity contribution in [1.82, 2.24) is 10.3 Å². The lowest BCUT2D eigenvalue weighted by Gasteiger charge is -2.36. The Labute approximate surface area is 124 Å². The van der Waals surface area contributed by atoms with Gasteiger partial charge in [-0.15, -0.1) is 0 Å². The highest BCUT2D eigenvalue weighted by molar-refractivity contribution is 5.94. The van der Waals surface area contributed by atoms with Crippen LogP contribution in [0.1, 0.15) is 54.4 Å². The fourth-order valence-electron chi connectivity index (χ4n) is 3.09. The molecule has 114 valence electrons. The Morgan fingerprint density at radius 2 is 2.00 bits per heavy atom.